The van der Waals surface area contributed by atoms with E-state index >= 15 is 0 Å². The maximum absolute atomic E-state index is 5.58. The molecule has 4 nitrogen and oxygen atoms in total. The number of benzene rings is 1. The Kier molecular flexibility index (Phi) is 2.22. The molecule has 0 aliphatic heterocycles. The highest BCUT2D eigenvalue weighted by molar-refractivity contribution is 9.10. The zero-order valence-electron chi connectivity index (χ0n) is 9.14. The highest BCUT2D eigenvalue weighted by atomic mass is 79.9. The van der Waals surface area contributed by atoms with E-state index in [1.54, 1.807) is 6.07 Å². The molecule has 0 amide bonds. The molecule has 0 spiro atoms. The number of rotatable bonds is 1. The maximum Gasteiger partial charge on any atom is 0.171 e. The van der Waals surface area contributed by atoms with Crippen molar-refractivity contribution in [2.24, 2.45) is 7.05 Å². The Morgan fingerprint density at radius 3 is 2.94 bits per heavy atom. The van der Waals surface area contributed by atoms with Crippen molar-refractivity contribution in [3.63, 3.8) is 0 Å². The van der Waals surface area contributed by atoms with Crippen LogP contribution in [0.15, 0.2) is 39.5 Å². The zero-order chi connectivity index (χ0) is 12.0. The van der Waals surface area contributed by atoms with Crippen molar-refractivity contribution in [3.05, 3.63) is 34.9 Å². The Bertz CT molecular complexity index is 699. The highest BCUT2D eigenvalue weighted by Crippen LogP contribution is 2.34. The standard InChI is InChI=1S/C12H10BrN3O/c1-16-6-8(10-5-11(14)15-17-10)7-3-2-4-9(13)12(7)16/h2-6H,1H3,(H2,14,15). The van der Waals surface area contributed by atoms with Gasteiger partial charge in [0.25, 0.3) is 0 Å². The first kappa shape index (κ1) is 10.4. The quantitative estimate of drug-likeness (QED) is 0.749. The van der Waals surface area contributed by atoms with E-state index in [4.69, 9.17) is 10.3 Å². The second-order valence-corrected chi connectivity index (χ2v) is 4.76. The molecule has 0 unspecified atom stereocenters. The lowest BCUT2D eigenvalue weighted by Crippen LogP contribution is -1.83. The Hall–Kier alpha value is -1.75. The largest absolute Gasteiger partial charge is 0.381 e. The van der Waals surface area contributed by atoms with Gasteiger partial charge in [-0.2, -0.15) is 0 Å². The lowest BCUT2D eigenvalue weighted by molar-refractivity contribution is 0.436. The SMILES string of the molecule is Cn1cc(-c2cc(N)no2)c2cccc(Br)c21. The smallest absolute Gasteiger partial charge is 0.171 e. The number of hydrogen-bond donors (Lipinski definition) is 1. The molecule has 0 saturated carbocycles. The van der Waals surface area contributed by atoms with Gasteiger partial charge in [0, 0.05) is 34.7 Å². The number of aromatic nitrogens is 2. The van der Waals surface area contributed by atoms with Crippen LogP contribution in [0.3, 0.4) is 0 Å². The lowest BCUT2D eigenvalue weighted by atomic mass is 10.1. The molecule has 0 radical (unpaired) electrons. The van der Waals surface area contributed by atoms with Crippen LogP contribution in [0.1, 0.15) is 0 Å². The molecule has 0 bridgehead atoms. The van der Waals surface area contributed by atoms with E-state index in [1.165, 1.54) is 0 Å². The number of anilines is 1. The van der Waals surface area contributed by atoms with E-state index in [0.717, 1.165) is 20.9 Å². The number of nitrogen functional groups attached to an aromatic ring is 1. The average molecular weight is 292 g/mol. The van der Waals surface area contributed by atoms with Crippen LogP contribution in [0, 0.1) is 0 Å². The van der Waals surface area contributed by atoms with Crippen LogP contribution < -0.4 is 5.73 Å². The van der Waals surface area contributed by atoms with E-state index in [1.807, 2.05) is 36.0 Å². The molecule has 17 heavy (non-hydrogen) atoms. The molecule has 2 aromatic heterocycles. The zero-order valence-corrected chi connectivity index (χ0v) is 10.7. The Morgan fingerprint density at radius 1 is 1.41 bits per heavy atom. The Balaban J connectivity index is 2.35. The van der Waals surface area contributed by atoms with E-state index < -0.39 is 0 Å². The lowest BCUT2D eigenvalue weighted by Gasteiger charge is -1.98. The third-order valence-electron chi connectivity index (χ3n) is 2.75. The molecule has 1 aromatic carbocycles. The molecule has 0 saturated heterocycles. The number of nitrogens with zero attached hydrogens (tertiary/aromatic N) is 2. The van der Waals surface area contributed by atoms with Crippen molar-refractivity contribution < 1.29 is 4.52 Å². The summed E-state index contributed by atoms with van der Waals surface area (Å²) in [5.41, 5.74) is 7.69. The van der Waals surface area contributed by atoms with Gasteiger partial charge < -0.3 is 14.8 Å². The van der Waals surface area contributed by atoms with Gasteiger partial charge >= 0.3 is 0 Å². The van der Waals surface area contributed by atoms with Crippen molar-refractivity contribution in [3.8, 4) is 11.3 Å². The molecule has 86 valence electrons. The van der Waals surface area contributed by atoms with Gasteiger partial charge in [-0.3, -0.25) is 0 Å². The Morgan fingerprint density at radius 2 is 2.24 bits per heavy atom. The van der Waals surface area contributed by atoms with E-state index in [9.17, 15) is 0 Å². The minimum Gasteiger partial charge on any atom is -0.381 e. The van der Waals surface area contributed by atoms with Crippen LogP contribution in [-0.2, 0) is 7.05 Å². The van der Waals surface area contributed by atoms with Crippen LogP contribution in [0.25, 0.3) is 22.2 Å². The topological polar surface area (TPSA) is 57.0 Å². The number of aryl methyl sites for hydroxylation is 1. The van der Waals surface area contributed by atoms with Crippen LogP contribution in [0.5, 0.6) is 0 Å². The van der Waals surface area contributed by atoms with Gasteiger partial charge in [-0.25, -0.2) is 0 Å². The minimum absolute atomic E-state index is 0.395. The molecule has 2 heterocycles. The van der Waals surface area contributed by atoms with Gasteiger partial charge in [0.05, 0.1) is 5.52 Å². The first-order chi connectivity index (χ1) is 8.16. The van der Waals surface area contributed by atoms with Crippen LogP contribution in [0.2, 0.25) is 0 Å². The fourth-order valence-electron chi connectivity index (χ4n) is 2.03. The summed E-state index contributed by atoms with van der Waals surface area (Å²) in [4.78, 5) is 0. The molecule has 0 fully saturated rings. The molecular weight excluding hydrogens is 282 g/mol. The molecule has 3 rings (SSSR count). The molecule has 5 heteroatoms. The normalized spacial score (nSPS) is 11.2. The number of hydrogen-bond acceptors (Lipinski definition) is 3. The van der Waals surface area contributed by atoms with Crippen molar-refractivity contribution in [1.29, 1.82) is 0 Å². The summed E-state index contributed by atoms with van der Waals surface area (Å²) in [6, 6.07) is 7.79. The minimum atomic E-state index is 0.395. The van der Waals surface area contributed by atoms with Gasteiger partial charge in [-0.1, -0.05) is 17.3 Å². The van der Waals surface area contributed by atoms with E-state index in [2.05, 4.69) is 21.1 Å². The fourth-order valence-corrected chi connectivity index (χ4v) is 2.68. The second kappa shape index (κ2) is 3.63. The van der Waals surface area contributed by atoms with E-state index in [-0.39, 0.29) is 0 Å². The number of nitrogens with two attached hydrogens (primary N) is 1. The third-order valence-corrected chi connectivity index (χ3v) is 3.39. The van der Waals surface area contributed by atoms with Crippen molar-refractivity contribution >= 4 is 32.7 Å². The van der Waals surface area contributed by atoms with Crippen LogP contribution in [-0.4, -0.2) is 9.72 Å². The predicted molar refractivity (Wildman–Crippen MR) is 70.5 cm³/mol. The summed E-state index contributed by atoms with van der Waals surface area (Å²) < 4.78 is 8.31. The van der Waals surface area contributed by atoms with Gasteiger partial charge in [0.2, 0.25) is 0 Å². The second-order valence-electron chi connectivity index (χ2n) is 3.91. The van der Waals surface area contributed by atoms with Gasteiger partial charge in [-0.15, -0.1) is 0 Å². The summed E-state index contributed by atoms with van der Waals surface area (Å²) in [7, 11) is 2.00. The van der Waals surface area contributed by atoms with Crippen molar-refractivity contribution in [1.82, 2.24) is 9.72 Å². The number of halogens is 1. The molecule has 2 N–H and O–H groups in total. The molecule has 0 atom stereocenters. The van der Waals surface area contributed by atoms with E-state index in [0.29, 0.717) is 11.6 Å². The van der Waals surface area contributed by atoms with Gasteiger partial charge in [0.15, 0.2) is 11.6 Å². The maximum atomic E-state index is 5.58. The third kappa shape index (κ3) is 1.54. The summed E-state index contributed by atoms with van der Waals surface area (Å²) in [6.45, 7) is 0. The summed E-state index contributed by atoms with van der Waals surface area (Å²) in [5, 5.41) is 4.82. The summed E-state index contributed by atoms with van der Waals surface area (Å²) in [6.07, 6.45) is 2.01. The molecular formula is C12H10BrN3O. The van der Waals surface area contributed by atoms with Crippen LogP contribution in [0.4, 0.5) is 5.82 Å². The molecule has 0 aliphatic rings. The highest BCUT2D eigenvalue weighted by Gasteiger charge is 2.14. The Labute approximate surface area is 106 Å². The first-order valence-electron chi connectivity index (χ1n) is 5.13. The van der Waals surface area contributed by atoms with Gasteiger partial charge in [0.1, 0.15) is 0 Å². The number of fused-ring (bicyclic) bond motifs is 1. The number of para-hydroxylation sites is 1. The van der Waals surface area contributed by atoms with Gasteiger partial charge in [-0.05, 0) is 22.0 Å². The first-order valence-corrected chi connectivity index (χ1v) is 5.92. The van der Waals surface area contributed by atoms with Crippen molar-refractivity contribution in [2.75, 3.05) is 5.73 Å². The molecule has 3 aromatic rings. The summed E-state index contributed by atoms with van der Waals surface area (Å²) >= 11 is 3.55. The van der Waals surface area contributed by atoms with Crippen molar-refractivity contribution in [2.45, 2.75) is 0 Å². The fraction of sp³-hybridized carbons (Fsp3) is 0.0833. The monoisotopic (exact) mass is 291 g/mol. The summed E-state index contributed by atoms with van der Waals surface area (Å²) in [5.74, 6) is 1.08. The van der Waals surface area contributed by atoms with Crippen LogP contribution >= 0.6 is 15.9 Å². The average Bonchev–Trinajstić information content (AvgIpc) is 2.84. The predicted octanol–water partition coefficient (Wildman–Crippen LogP) is 3.18. The molecule has 0 aliphatic carbocycles.